The van der Waals surface area contributed by atoms with Crippen molar-refractivity contribution in [3.8, 4) is 0 Å². The molecule has 4 nitrogen and oxygen atoms in total. The highest BCUT2D eigenvalue weighted by Crippen LogP contribution is 2.25. The van der Waals surface area contributed by atoms with Gasteiger partial charge in [-0.15, -0.1) is 0 Å². The molecule has 0 aromatic rings. The standard InChI is InChI=1S/C17H31N3O/c21-17(19-15-5-2-1-3-6-15)13-20-11-8-14(9-12-20)16-7-4-10-18-16/h14-16,18H,1-13H2,(H,19,21). The zero-order chi connectivity index (χ0) is 14.5. The third-order valence-corrected chi connectivity index (χ3v) is 5.64. The highest BCUT2D eigenvalue weighted by atomic mass is 16.2. The molecule has 3 aliphatic rings. The normalized spacial score (nSPS) is 29.6. The van der Waals surface area contributed by atoms with E-state index in [9.17, 15) is 4.79 Å². The molecule has 2 N–H and O–H groups in total. The van der Waals surface area contributed by atoms with Gasteiger partial charge in [0.1, 0.15) is 0 Å². The van der Waals surface area contributed by atoms with E-state index in [1.165, 1.54) is 64.3 Å². The Bertz CT molecular complexity index is 327. The average Bonchev–Trinajstić information content (AvgIpc) is 3.03. The maximum absolute atomic E-state index is 12.2. The van der Waals surface area contributed by atoms with Crippen molar-refractivity contribution in [2.45, 2.75) is 69.9 Å². The number of rotatable bonds is 4. The molecule has 2 saturated heterocycles. The molecule has 2 aliphatic heterocycles. The molecule has 120 valence electrons. The van der Waals surface area contributed by atoms with Crippen molar-refractivity contribution >= 4 is 5.91 Å². The summed E-state index contributed by atoms with van der Waals surface area (Å²) in [5.74, 6) is 1.09. The van der Waals surface area contributed by atoms with Crippen LogP contribution >= 0.6 is 0 Å². The largest absolute Gasteiger partial charge is 0.352 e. The lowest BCUT2D eigenvalue weighted by molar-refractivity contribution is -0.123. The summed E-state index contributed by atoms with van der Waals surface area (Å²) in [6.07, 6.45) is 11.5. The first-order valence-electron chi connectivity index (χ1n) is 9.06. The number of piperidine rings is 1. The lowest BCUT2D eigenvalue weighted by Crippen LogP contribution is -2.46. The number of carbonyl (C=O) groups is 1. The predicted octanol–water partition coefficient (Wildman–Crippen LogP) is 1.90. The Kier molecular flexibility index (Phi) is 5.53. The summed E-state index contributed by atoms with van der Waals surface area (Å²) in [6.45, 7) is 4.01. The molecule has 4 heteroatoms. The molecule has 0 aromatic carbocycles. The van der Waals surface area contributed by atoms with Crippen LogP contribution in [-0.2, 0) is 4.79 Å². The van der Waals surface area contributed by atoms with Gasteiger partial charge in [-0.1, -0.05) is 19.3 Å². The van der Waals surface area contributed by atoms with Crippen molar-refractivity contribution in [1.29, 1.82) is 0 Å². The average molecular weight is 293 g/mol. The van der Waals surface area contributed by atoms with Crippen molar-refractivity contribution in [1.82, 2.24) is 15.5 Å². The Labute approximate surface area is 129 Å². The number of carbonyl (C=O) groups excluding carboxylic acids is 1. The van der Waals surface area contributed by atoms with Crippen LogP contribution < -0.4 is 10.6 Å². The summed E-state index contributed by atoms with van der Waals surface area (Å²) in [6, 6.07) is 1.20. The van der Waals surface area contributed by atoms with Crippen molar-refractivity contribution in [3.63, 3.8) is 0 Å². The van der Waals surface area contributed by atoms with Gasteiger partial charge in [0, 0.05) is 12.1 Å². The summed E-state index contributed by atoms with van der Waals surface area (Å²) in [4.78, 5) is 14.5. The fourth-order valence-corrected chi connectivity index (χ4v) is 4.35. The number of hydrogen-bond donors (Lipinski definition) is 2. The van der Waals surface area contributed by atoms with Crippen molar-refractivity contribution in [3.05, 3.63) is 0 Å². The smallest absolute Gasteiger partial charge is 0.234 e. The van der Waals surface area contributed by atoms with Gasteiger partial charge in [-0.3, -0.25) is 9.69 Å². The molecule has 3 rings (SSSR count). The van der Waals surface area contributed by atoms with E-state index >= 15 is 0 Å². The first-order chi connectivity index (χ1) is 10.3. The summed E-state index contributed by atoms with van der Waals surface area (Å²) in [7, 11) is 0. The number of amides is 1. The minimum atomic E-state index is 0.249. The van der Waals surface area contributed by atoms with Crippen molar-refractivity contribution in [2.75, 3.05) is 26.2 Å². The quantitative estimate of drug-likeness (QED) is 0.832. The second-order valence-electron chi connectivity index (χ2n) is 7.22. The van der Waals surface area contributed by atoms with Crippen LogP contribution in [0.1, 0.15) is 57.8 Å². The highest BCUT2D eigenvalue weighted by molar-refractivity contribution is 5.78. The Morgan fingerprint density at radius 1 is 1.00 bits per heavy atom. The summed E-state index contributed by atoms with van der Waals surface area (Å²) in [5, 5.41) is 6.88. The number of nitrogens with zero attached hydrogens (tertiary/aromatic N) is 1. The summed E-state index contributed by atoms with van der Waals surface area (Å²) >= 11 is 0. The molecule has 0 aromatic heterocycles. The van der Waals surface area contributed by atoms with Gasteiger partial charge in [0.25, 0.3) is 0 Å². The van der Waals surface area contributed by atoms with Crippen molar-refractivity contribution < 1.29 is 4.79 Å². The molecule has 1 aliphatic carbocycles. The van der Waals surface area contributed by atoms with Gasteiger partial charge in [0.2, 0.25) is 5.91 Å². The minimum absolute atomic E-state index is 0.249. The monoisotopic (exact) mass is 293 g/mol. The molecular weight excluding hydrogens is 262 g/mol. The topological polar surface area (TPSA) is 44.4 Å². The molecule has 1 atom stereocenters. The van der Waals surface area contributed by atoms with E-state index in [2.05, 4.69) is 15.5 Å². The lowest BCUT2D eigenvalue weighted by atomic mass is 9.88. The van der Waals surface area contributed by atoms with Crippen LogP contribution in [0.4, 0.5) is 0 Å². The molecule has 1 saturated carbocycles. The van der Waals surface area contributed by atoms with Crippen LogP contribution in [0.2, 0.25) is 0 Å². The van der Waals surface area contributed by atoms with Gasteiger partial charge >= 0.3 is 0 Å². The van der Waals surface area contributed by atoms with Gasteiger partial charge in [0.05, 0.1) is 6.54 Å². The Morgan fingerprint density at radius 2 is 1.76 bits per heavy atom. The first kappa shape index (κ1) is 15.3. The molecule has 1 unspecified atom stereocenters. The van der Waals surface area contributed by atoms with E-state index in [-0.39, 0.29) is 5.91 Å². The third kappa shape index (κ3) is 4.43. The fourth-order valence-electron chi connectivity index (χ4n) is 4.35. The molecule has 0 bridgehead atoms. The molecule has 0 spiro atoms. The molecular formula is C17H31N3O. The van der Waals surface area contributed by atoms with Gasteiger partial charge in [-0.05, 0) is 64.1 Å². The van der Waals surface area contributed by atoms with E-state index in [4.69, 9.17) is 0 Å². The van der Waals surface area contributed by atoms with Crippen LogP contribution in [0.3, 0.4) is 0 Å². The van der Waals surface area contributed by atoms with Gasteiger partial charge in [-0.2, -0.15) is 0 Å². The zero-order valence-electron chi connectivity index (χ0n) is 13.3. The van der Waals surface area contributed by atoms with E-state index in [1.54, 1.807) is 0 Å². The van der Waals surface area contributed by atoms with E-state index in [0.29, 0.717) is 12.6 Å². The predicted molar refractivity (Wildman–Crippen MR) is 85.2 cm³/mol. The molecule has 21 heavy (non-hydrogen) atoms. The number of likely N-dealkylation sites (tertiary alicyclic amines) is 1. The fraction of sp³-hybridized carbons (Fsp3) is 0.941. The summed E-state index contributed by atoms with van der Waals surface area (Å²) < 4.78 is 0. The maximum Gasteiger partial charge on any atom is 0.234 e. The Hall–Kier alpha value is -0.610. The van der Waals surface area contributed by atoms with E-state index in [0.717, 1.165) is 25.0 Å². The SMILES string of the molecule is O=C(CN1CCC(C2CCCN2)CC1)NC1CCCCC1. The molecule has 0 radical (unpaired) electrons. The Balaban J connectivity index is 1.35. The number of nitrogens with one attached hydrogen (secondary N) is 2. The van der Waals surface area contributed by atoms with Crippen LogP contribution in [0.25, 0.3) is 0 Å². The number of hydrogen-bond acceptors (Lipinski definition) is 3. The second kappa shape index (κ2) is 7.59. The molecule has 1 amide bonds. The van der Waals surface area contributed by atoms with Crippen molar-refractivity contribution in [2.24, 2.45) is 5.92 Å². The van der Waals surface area contributed by atoms with Crippen LogP contribution in [-0.4, -0.2) is 49.1 Å². The Morgan fingerprint density at radius 3 is 2.43 bits per heavy atom. The molecule has 3 fully saturated rings. The maximum atomic E-state index is 12.2. The van der Waals surface area contributed by atoms with Gasteiger partial charge < -0.3 is 10.6 Å². The zero-order valence-corrected chi connectivity index (χ0v) is 13.3. The van der Waals surface area contributed by atoms with E-state index in [1.807, 2.05) is 0 Å². The highest BCUT2D eigenvalue weighted by Gasteiger charge is 2.29. The van der Waals surface area contributed by atoms with Gasteiger partial charge in [-0.25, -0.2) is 0 Å². The first-order valence-corrected chi connectivity index (χ1v) is 9.06. The van der Waals surface area contributed by atoms with Gasteiger partial charge in [0.15, 0.2) is 0 Å². The second-order valence-corrected chi connectivity index (χ2v) is 7.22. The lowest BCUT2D eigenvalue weighted by Gasteiger charge is -2.34. The van der Waals surface area contributed by atoms with E-state index < -0.39 is 0 Å². The third-order valence-electron chi connectivity index (χ3n) is 5.64. The summed E-state index contributed by atoms with van der Waals surface area (Å²) in [5.41, 5.74) is 0. The van der Waals surface area contributed by atoms with Crippen LogP contribution in [0.15, 0.2) is 0 Å². The minimum Gasteiger partial charge on any atom is -0.352 e. The van der Waals surface area contributed by atoms with Crippen LogP contribution in [0.5, 0.6) is 0 Å². The van der Waals surface area contributed by atoms with Crippen LogP contribution in [0, 0.1) is 5.92 Å². The molecule has 2 heterocycles.